The van der Waals surface area contributed by atoms with Crippen LogP contribution in [0.4, 0.5) is 0 Å². The Labute approximate surface area is 166 Å². The predicted octanol–water partition coefficient (Wildman–Crippen LogP) is 4.91. The number of ether oxygens (including phenoxy) is 3. The number of esters is 1. The van der Waals surface area contributed by atoms with E-state index >= 15 is 0 Å². The number of hydrogen-bond donors (Lipinski definition) is 0. The van der Waals surface area contributed by atoms with Gasteiger partial charge in [-0.15, -0.1) is 23.1 Å². The van der Waals surface area contributed by atoms with Gasteiger partial charge >= 0.3 is 5.97 Å². The summed E-state index contributed by atoms with van der Waals surface area (Å²) in [5.41, 5.74) is 2.10. The molecule has 0 N–H and O–H groups in total. The molecule has 5 nitrogen and oxygen atoms in total. The van der Waals surface area contributed by atoms with Crippen LogP contribution >= 0.6 is 23.1 Å². The summed E-state index contributed by atoms with van der Waals surface area (Å²) in [6.45, 7) is 0.110. The molecule has 0 aliphatic rings. The largest absolute Gasteiger partial charge is 0.497 e. The van der Waals surface area contributed by atoms with Gasteiger partial charge in [-0.25, -0.2) is 9.78 Å². The van der Waals surface area contributed by atoms with Gasteiger partial charge in [-0.05, 0) is 48.7 Å². The summed E-state index contributed by atoms with van der Waals surface area (Å²) in [4.78, 5) is 18.0. The molecule has 2 aromatic carbocycles. The van der Waals surface area contributed by atoms with Gasteiger partial charge in [0.15, 0.2) is 0 Å². The highest BCUT2D eigenvalue weighted by atomic mass is 32.2. The molecule has 0 spiro atoms. The number of thiazole rings is 1. The summed E-state index contributed by atoms with van der Waals surface area (Å²) >= 11 is 3.09. The van der Waals surface area contributed by atoms with Crippen LogP contribution in [0.25, 0.3) is 10.6 Å². The number of rotatable bonds is 7. The van der Waals surface area contributed by atoms with E-state index < -0.39 is 5.97 Å². The molecule has 0 bridgehead atoms. The molecule has 3 aromatic rings. The molecule has 0 saturated heterocycles. The third kappa shape index (κ3) is 4.61. The van der Waals surface area contributed by atoms with Crippen molar-refractivity contribution in [1.29, 1.82) is 0 Å². The number of methoxy groups -OCH3 is 2. The van der Waals surface area contributed by atoms with Crippen molar-refractivity contribution < 1.29 is 19.0 Å². The van der Waals surface area contributed by atoms with Crippen molar-refractivity contribution in [3.8, 4) is 22.1 Å². The standard InChI is InChI=1S/C20H19NO4S2/c1-23-15-6-4-13(5-7-15)19-21-14(12-27-19)11-25-20(22)17-9-8-16(26-3)10-18(17)24-2/h4-10,12H,11H2,1-3H3. The summed E-state index contributed by atoms with van der Waals surface area (Å²) in [6.07, 6.45) is 1.97. The number of nitrogens with zero attached hydrogens (tertiary/aromatic N) is 1. The average molecular weight is 402 g/mol. The normalized spacial score (nSPS) is 10.5. The molecule has 1 aromatic heterocycles. The van der Waals surface area contributed by atoms with Crippen molar-refractivity contribution in [2.24, 2.45) is 0 Å². The molecule has 0 atom stereocenters. The first-order valence-electron chi connectivity index (χ1n) is 8.12. The highest BCUT2D eigenvalue weighted by Gasteiger charge is 2.15. The van der Waals surface area contributed by atoms with E-state index in [1.54, 1.807) is 24.9 Å². The lowest BCUT2D eigenvalue weighted by atomic mass is 10.2. The fourth-order valence-corrected chi connectivity index (χ4v) is 3.66. The Kier molecular flexibility index (Phi) is 6.36. The number of hydrogen-bond acceptors (Lipinski definition) is 7. The fourth-order valence-electron chi connectivity index (χ4n) is 2.42. The smallest absolute Gasteiger partial charge is 0.342 e. The first-order chi connectivity index (χ1) is 13.1. The van der Waals surface area contributed by atoms with Gasteiger partial charge in [-0.3, -0.25) is 0 Å². The zero-order valence-electron chi connectivity index (χ0n) is 15.2. The van der Waals surface area contributed by atoms with E-state index in [-0.39, 0.29) is 6.61 Å². The second-order valence-electron chi connectivity index (χ2n) is 5.51. The van der Waals surface area contributed by atoms with Crippen LogP contribution in [0.15, 0.2) is 52.7 Å². The van der Waals surface area contributed by atoms with E-state index in [1.807, 2.05) is 48.0 Å². The molecule has 7 heteroatoms. The molecule has 27 heavy (non-hydrogen) atoms. The molecule has 0 aliphatic heterocycles. The van der Waals surface area contributed by atoms with Crippen molar-refractivity contribution in [3.63, 3.8) is 0 Å². The van der Waals surface area contributed by atoms with Crippen LogP contribution in [0.1, 0.15) is 16.1 Å². The molecule has 1 heterocycles. The zero-order chi connectivity index (χ0) is 19.2. The number of benzene rings is 2. The number of thioether (sulfide) groups is 1. The highest BCUT2D eigenvalue weighted by Crippen LogP contribution is 2.28. The first kappa shape index (κ1) is 19.3. The van der Waals surface area contributed by atoms with Crippen LogP contribution in [0, 0.1) is 0 Å². The van der Waals surface area contributed by atoms with Gasteiger partial charge in [0.05, 0.1) is 19.9 Å². The van der Waals surface area contributed by atoms with Gasteiger partial charge in [0.1, 0.15) is 28.7 Å². The van der Waals surface area contributed by atoms with Crippen molar-refractivity contribution in [2.45, 2.75) is 11.5 Å². The summed E-state index contributed by atoms with van der Waals surface area (Å²) in [7, 11) is 3.17. The van der Waals surface area contributed by atoms with Gasteiger partial charge in [0, 0.05) is 15.8 Å². The molecule has 0 fully saturated rings. The molecule has 0 unspecified atom stereocenters. The summed E-state index contributed by atoms with van der Waals surface area (Å²) in [5, 5.41) is 2.76. The Balaban J connectivity index is 1.66. The van der Waals surface area contributed by atoms with Crippen LogP contribution in [0.5, 0.6) is 11.5 Å². The molecular formula is C20H19NO4S2. The van der Waals surface area contributed by atoms with E-state index in [0.29, 0.717) is 17.0 Å². The van der Waals surface area contributed by atoms with Crippen molar-refractivity contribution in [2.75, 3.05) is 20.5 Å². The minimum absolute atomic E-state index is 0.110. The minimum Gasteiger partial charge on any atom is -0.497 e. The summed E-state index contributed by atoms with van der Waals surface area (Å²) in [6, 6.07) is 13.1. The Morgan fingerprint density at radius 2 is 1.89 bits per heavy atom. The lowest BCUT2D eigenvalue weighted by Crippen LogP contribution is -2.07. The van der Waals surface area contributed by atoms with E-state index in [0.717, 1.165) is 21.2 Å². The Bertz CT molecular complexity index is 922. The van der Waals surface area contributed by atoms with Crippen LogP contribution in [0.2, 0.25) is 0 Å². The van der Waals surface area contributed by atoms with Gasteiger partial charge < -0.3 is 14.2 Å². The van der Waals surface area contributed by atoms with Gasteiger partial charge in [-0.2, -0.15) is 0 Å². The Morgan fingerprint density at radius 1 is 1.11 bits per heavy atom. The second kappa shape index (κ2) is 8.92. The van der Waals surface area contributed by atoms with Crippen molar-refractivity contribution in [3.05, 3.63) is 59.1 Å². The first-order valence-corrected chi connectivity index (χ1v) is 10.2. The third-order valence-corrected chi connectivity index (χ3v) is 5.53. The van der Waals surface area contributed by atoms with Crippen LogP contribution in [-0.2, 0) is 11.3 Å². The topological polar surface area (TPSA) is 57.7 Å². The Morgan fingerprint density at radius 3 is 2.56 bits per heavy atom. The zero-order valence-corrected chi connectivity index (χ0v) is 16.9. The van der Waals surface area contributed by atoms with Gasteiger partial charge in [0.2, 0.25) is 0 Å². The molecule has 140 valence electrons. The van der Waals surface area contributed by atoms with Gasteiger partial charge in [-0.1, -0.05) is 0 Å². The van der Waals surface area contributed by atoms with E-state index in [2.05, 4.69) is 4.98 Å². The molecule has 0 aliphatic carbocycles. The maximum atomic E-state index is 12.4. The minimum atomic E-state index is -0.432. The molecule has 0 amide bonds. The number of carbonyl (C=O) groups is 1. The molecule has 0 saturated carbocycles. The number of carbonyl (C=O) groups excluding carboxylic acids is 1. The predicted molar refractivity (Wildman–Crippen MR) is 108 cm³/mol. The third-order valence-electron chi connectivity index (χ3n) is 3.87. The monoisotopic (exact) mass is 401 g/mol. The summed E-state index contributed by atoms with van der Waals surface area (Å²) in [5.74, 6) is 0.869. The second-order valence-corrected chi connectivity index (χ2v) is 7.25. The van der Waals surface area contributed by atoms with Crippen LogP contribution in [-0.4, -0.2) is 31.4 Å². The van der Waals surface area contributed by atoms with Crippen molar-refractivity contribution >= 4 is 29.1 Å². The van der Waals surface area contributed by atoms with Gasteiger partial charge in [0.25, 0.3) is 0 Å². The van der Waals surface area contributed by atoms with Crippen LogP contribution < -0.4 is 9.47 Å². The lowest BCUT2D eigenvalue weighted by molar-refractivity contribution is 0.0464. The van der Waals surface area contributed by atoms with E-state index in [4.69, 9.17) is 14.2 Å². The summed E-state index contributed by atoms with van der Waals surface area (Å²) < 4.78 is 15.9. The number of aromatic nitrogens is 1. The molecule has 0 radical (unpaired) electrons. The average Bonchev–Trinajstić information content (AvgIpc) is 3.20. The van der Waals surface area contributed by atoms with Crippen molar-refractivity contribution in [1.82, 2.24) is 4.98 Å². The molecular weight excluding hydrogens is 382 g/mol. The van der Waals surface area contributed by atoms with Crippen LogP contribution in [0.3, 0.4) is 0 Å². The Hall–Kier alpha value is -2.51. The lowest BCUT2D eigenvalue weighted by Gasteiger charge is -2.09. The quantitative estimate of drug-likeness (QED) is 0.414. The van der Waals surface area contributed by atoms with E-state index in [1.165, 1.54) is 18.4 Å². The highest BCUT2D eigenvalue weighted by molar-refractivity contribution is 7.98. The van der Waals surface area contributed by atoms with E-state index in [9.17, 15) is 4.79 Å². The molecule has 3 rings (SSSR count). The fraction of sp³-hybridized carbons (Fsp3) is 0.200. The SMILES string of the molecule is COc1ccc(-c2nc(COC(=O)c3ccc(SC)cc3OC)cs2)cc1. The maximum Gasteiger partial charge on any atom is 0.342 e. The maximum absolute atomic E-state index is 12.4.